The molecule has 156 valence electrons. The molecule has 1 saturated heterocycles. The third-order valence-corrected chi connectivity index (χ3v) is 5.31. The summed E-state index contributed by atoms with van der Waals surface area (Å²) in [6.07, 6.45) is 11.2. The van der Waals surface area contributed by atoms with Crippen molar-refractivity contribution in [1.82, 2.24) is 9.88 Å². The molecule has 1 aliphatic rings. The first-order valence-electron chi connectivity index (χ1n) is 9.94. The number of carbonyl (C=O) groups is 1. The highest BCUT2D eigenvalue weighted by molar-refractivity contribution is 6.09. The third kappa shape index (κ3) is 5.55. The summed E-state index contributed by atoms with van der Waals surface area (Å²) in [4.78, 5) is 17.5. The number of hydrogen-bond acceptors (Lipinski definition) is 6. The van der Waals surface area contributed by atoms with Crippen LogP contribution in [0.2, 0.25) is 0 Å². The molecule has 1 aromatic carbocycles. The van der Waals surface area contributed by atoms with Crippen molar-refractivity contribution in [1.29, 1.82) is 5.41 Å². The molecule has 1 aromatic heterocycles. The maximum atomic E-state index is 11.1. The monoisotopic (exact) mass is 405 g/mol. The van der Waals surface area contributed by atoms with Gasteiger partial charge in [-0.1, -0.05) is 12.1 Å². The van der Waals surface area contributed by atoms with E-state index in [4.69, 9.17) is 16.2 Å². The summed E-state index contributed by atoms with van der Waals surface area (Å²) in [6, 6.07) is 10.0. The molecule has 30 heavy (non-hydrogen) atoms. The minimum absolute atomic E-state index is 0.199. The second-order valence-electron chi connectivity index (χ2n) is 7.29. The largest absolute Gasteiger partial charge is 0.481 e. The Morgan fingerprint density at radius 3 is 2.63 bits per heavy atom. The fourth-order valence-electron chi connectivity index (χ4n) is 3.55. The van der Waals surface area contributed by atoms with Gasteiger partial charge in [0.2, 0.25) is 0 Å². The van der Waals surface area contributed by atoms with Crippen LogP contribution in [-0.2, 0) is 11.3 Å². The molecule has 0 spiro atoms. The van der Waals surface area contributed by atoms with Crippen molar-refractivity contribution in [2.75, 3.05) is 18.4 Å². The van der Waals surface area contributed by atoms with Gasteiger partial charge in [0.15, 0.2) is 0 Å². The maximum absolute atomic E-state index is 11.1. The number of nitrogens with zero attached hydrogens (tertiary/aromatic N) is 2. The van der Waals surface area contributed by atoms with Gasteiger partial charge in [-0.15, -0.1) is 0 Å². The number of pyridine rings is 1. The Morgan fingerprint density at radius 2 is 2.00 bits per heavy atom. The van der Waals surface area contributed by atoms with Crippen LogP contribution in [0.25, 0.3) is 11.6 Å². The van der Waals surface area contributed by atoms with Gasteiger partial charge >= 0.3 is 5.97 Å². The molecule has 0 unspecified atom stereocenters. The van der Waals surface area contributed by atoms with Crippen LogP contribution in [0.15, 0.2) is 55.1 Å². The number of carboxylic acids is 1. The van der Waals surface area contributed by atoms with Crippen LogP contribution in [0.5, 0.6) is 0 Å². The van der Waals surface area contributed by atoms with Crippen LogP contribution in [0.1, 0.15) is 29.5 Å². The van der Waals surface area contributed by atoms with Crippen LogP contribution in [0, 0.1) is 11.3 Å². The number of aromatic nitrogens is 1. The Bertz CT molecular complexity index is 929. The molecule has 7 heteroatoms. The summed E-state index contributed by atoms with van der Waals surface area (Å²) in [7, 11) is 0. The Morgan fingerprint density at radius 1 is 1.27 bits per heavy atom. The lowest BCUT2D eigenvalue weighted by atomic mass is 9.97. The standard InChI is InChI=1S/C23H27N5O2/c24-13-20(14-25)22-6-9-26-15-19(22)5-10-27-21-3-1-17(2-4-21)16-28-11-7-18(8-12-28)23(29)30/h1-6,9-10,13-15,18,24,27H,7-8,11-12,16,25H2,(H,29,30)/b10-5+,20-14+,24-13?. The summed E-state index contributed by atoms with van der Waals surface area (Å²) in [6.45, 7) is 2.48. The first-order chi connectivity index (χ1) is 14.6. The molecule has 3 rings (SSSR count). The van der Waals surface area contributed by atoms with E-state index < -0.39 is 5.97 Å². The number of likely N-dealkylation sites (tertiary alicyclic amines) is 1. The lowest BCUT2D eigenvalue weighted by molar-refractivity contribution is -0.143. The second-order valence-corrected chi connectivity index (χ2v) is 7.29. The van der Waals surface area contributed by atoms with Crippen molar-refractivity contribution in [3.63, 3.8) is 0 Å². The van der Waals surface area contributed by atoms with E-state index in [1.165, 1.54) is 18.0 Å². The topological polar surface area (TPSA) is 115 Å². The summed E-state index contributed by atoms with van der Waals surface area (Å²) in [5.74, 6) is -0.875. The Balaban J connectivity index is 1.56. The Hall–Kier alpha value is -3.45. The number of benzene rings is 1. The maximum Gasteiger partial charge on any atom is 0.306 e. The minimum atomic E-state index is -0.676. The summed E-state index contributed by atoms with van der Waals surface area (Å²) < 4.78 is 0. The zero-order chi connectivity index (χ0) is 21.3. The molecule has 0 aliphatic carbocycles. The number of carboxylic acid groups (broad SMARTS) is 1. The average Bonchev–Trinajstić information content (AvgIpc) is 2.77. The van der Waals surface area contributed by atoms with E-state index in [-0.39, 0.29) is 5.92 Å². The van der Waals surface area contributed by atoms with E-state index in [0.717, 1.165) is 49.3 Å². The quantitative estimate of drug-likeness (QED) is 0.500. The molecular formula is C23H27N5O2. The van der Waals surface area contributed by atoms with Crippen molar-refractivity contribution < 1.29 is 9.90 Å². The molecule has 1 fully saturated rings. The van der Waals surface area contributed by atoms with E-state index in [2.05, 4.69) is 27.3 Å². The number of allylic oxidation sites excluding steroid dienone is 1. The van der Waals surface area contributed by atoms with Gasteiger partial charge in [0.1, 0.15) is 0 Å². The van der Waals surface area contributed by atoms with Crippen LogP contribution >= 0.6 is 0 Å². The van der Waals surface area contributed by atoms with Gasteiger partial charge in [0.25, 0.3) is 0 Å². The first-order valence-corrected chi connectivity index (χ1v) is 9.94. The van der Waals surface area contributed by atoms with Gasteiger partial charge in [-0.25, -0.2) is 0 Å². The molecule has 0 saturated carbocycles. The van der Waals surface area contributed by atoms with Crippen LogP contribution < -0.4 is 11.1 Å². The smallest absolute Gasteiger partial charge is 0.306 e. The molecule has 0 radical (unpaired) electrons. The zero-order valence-electron chi connectivity index (χ0n) is 16.8. The highest BCUT2D eigenvalue weighted by Crippen LogP contribution is 2.20. The molecule has 7 nitrogen and oxygen atoms in total. The number of rotatable bonds is 8. The van der Waals surface area contributed by atoms with E-state index in [0.29, 0.717) is 5.57 Å². The molecule has 1 aliphatic heterocycles. The van der Waals surface area contributed by atoms with Crippen molar-refractivity contribution >= 4 is 29.5 Å². The second kappa shape index (κ2) is 10.4. The molecular weight excluding hydrogens is 378 g/mol. The van der Waals surface area contributed by atoms with Gasteiger partial charge in [-0.2, -0.15) is 0 Å². The number of nitrogens with one attached hydrogen (secondary N) is 2. The van der Waals surface area contributed by atoms with E-state index in [9.17, 15) is 4.79 Å². The average molecular weight is 406 g/mol. The SMILES string of the molecule is N=C/C(=C\N)c1ccncc1/C=C/Nc1ccc(CN2CCC(C(=O)O)CC2)cc1. The summed E-state index contributed by atoms with van der Waals surface area (Å²) in [5.41, 5.74) is 10.1. The predicted octanol–water partition coefficient (Wildman–Crippen LogP) is 3.41. The molecule has 0 atom stereocenters. The van der Waals surface area contributed by atoms with E-state index in [1.807, 2.05) is 30.5 Å². The molecule has 2 heterocycles. The highest BCUT2D eigenvalue weighted by atomic mass is 16.4. The van der Waals surface area contributed by atoms with E-state index in [1.54, 1.807) is 12.4 Å². The first kappa shape index (κ1) is 21.3. The normalized spacial score (nSPS) is 15.9. The lowest BCUT2D eigenvalue weighted by Gasteiger charge is -2.30. The zero-order valence-corrected chi connectivity index (χ0v) is 16.8. The minimum Gasteiger partial charge on any atom is -0.481 e. The predicted molar refractivity (Wildman–Crippen MR) is 120 cm³/mol. The van der Waals surface area contributed by atoms with Gasteiger partial charge < -0.3 is 21.6 Å². The third-order valence-electron chi connectivity index (χ3n) is 5.31. The fourth-order valence-corrected chi connectivity index (χ4v) is 3.55. The number of aliphatic carboxylic acids is 1. The molecule has 5 N–H and O–H groups in total. The van der Waals surface area contributed by atoms with Crippen molar-refractivity contribution in [3.8, 4) is 0 Å². The number of piperidine rings is 1. The lowest BCUT2D eigenvalue weighted by Crippen LogP contribution is -2.35. The Labute approximate surface area is 176 Å². The summed E-state index contributed by atoms with van der Waals surface area (Å²) >= 11 is 0. The number of anilines is 1. The van der Waals surface area contributed by atoms with Crippen LogP contribution in [0.4, 0.5) is 5.69 Å². The molecule has 0 bridgehead atoms. The van der Waals surface area contributed by atoms with Crippen LogP contribution in [0.3, 0.4) is 0 Å². The summed E-state index contributed by atoms with van der Waals surface area (Å²) in [5, 5.41) is 19.8. The van der Waals surface area contributed by atoms with Crippen molar-refractivity contribution in [3.05, 3.63) is 71.8 Å². The Kier molecular flexibility index (Phi) is 7.34. The fraction of sp³-hybridized carbons (Fsp3) is 0.261. The van der Waals surface area contributed by atoms with Gasteiger partial charge in [-0.05, 0) is 61.3 Å². The van der Waals surface area contributed by atoms with Crippen molar-refractivity contribution in [2.24, 2.45) is 11.7 Å². The molecule has 2 aromatic rings. The molecule has 0 amide bonds. The van der Waals surface area contributed by atoms with Gasteiger partial charge in [-0.3, -0.25) is 14.7 Å². The van der Waals surface area contributed by atoms with Crippen molar-refractivity contribution in [2.45, 2.75) is 19.4 Å². The van der Waals surface area contributed by atoms with Gasteiger partial charge in [0, 0.05) is 54.4 Å². The van der Waals surface area contributed by atoms with E-state index >= 15 is 0 Å². The van der Waals surface area contributed by atoms with Gasteiger partial charge in [0.05, 0.1) is 5.92 Å². The highest BCUT2D eigenvalue weighted by Gasteiger charge is 2.24. The number of nitrogens with two attached hydrogens (primary N) is 1. The number of hydrogen-bond donors (Lipinski definition) is 4. The van der Waals surface area contributed by atoms with Crippen LogP contribution in [-0.4, -0.2) is 40.3 Å².